The molecule has 1 aromatic carbocycles. The summed E-state index contributed by atoms with van der Waals surface area (Å²) in [4.78, 5) is 4.44. The molecule has 0 bridgehead atoms. The van der Waals surface area contributed by atoms with Crippen molar-refractivity contribution in [3.8, 4) is 5.75 Å². The maximum atomic E-state index is 5.48. The Labute approximate surface area is 121 Å². The average molecular weight is 324 g/mol. The third kappa shape index (κ3) is 2.98. The second-order valence-electron chi connectivity index (χ2n) is 4.27. The molecule has 1 N–H and O–H groups in total. The predicted octanol–water partition coefficient (Wildman–Crippen LogP) is 2.89. The Kier molecular flexibility index (Phi) is 4.61. The van der Waals surface area contributed by atoms with Crippen LogP contribution < -0.4 is 10.1 Å². The summed E-state index contributed by atoms with van der Waals surface area (Å²) in [6.45, 7) is 2.94. The molecule has 5 heteroatoms. The Bertz CT molecular complexity index is 553. The summed E-state index contributed by atoms with van der Waals surface area (Å²) in [5, 5.41) is 3.46. The fourth-order valence-corrected chi connectivity index (χ4v) is 2.46. The van der Waals surface area contributed by atoms with Crippen LogP contribution in [0.3, 0.4) is 0 Å². The van der Waals surface area contributed by atoms with Crippen molar-refractivity contribution in [1.82, 2.24) is 14.9 Å². The van der Waals surface area contributed by atoms with E-state index in [2.05, 4.69) is 39.2 Å². The molecule has 1 aromatic heterocycles. The van der Waals surface area contributed by atoms with Gasteiger partial charge in [0.1, 0.15) is 11.6 Å². The van der Waals surface area contributed by atoms with Gasteiger partial charge >= 0.3 is 0 Å². The number of nitrogens with zero attached hydrogens (tertiary/aromatic N) is 2. The number of hydrogen-bond donors (Lipinski definition) is 1. The Balaban J connectivity index is 2.48. The standard InChI is InChI=1S/C14H18BrN3O/c1-4-16-13(14-17-7-8-18(14)2)11-6-5-10(15)9-12(11)19-3/h5-9,13,16H,4H2,1-3H3. The molecule has 2 aromatic rings. The quantitative estimate of drug-likeness (QED) is 0.919. The Morgan fingerprint density at radius 3 is 2.84 bits per heavy atom. The Morgan fingerprint density at radius 2 is 2.26 bits per heavy atom. The lowest BCUT2D eigenvalue weighted by molar-refractivity contribution is 0.402. The topological polar surface area (TPSA) is 39.1 Å². The van der Waals surface area contributed by atoms with Crippen molar-refractivity contribution < 1.29 is 4.74 Å². The number of imidazole rings is 1. The number of aryl methyl sites for hydroxylation is 1. The summed E-state index contributed by atoms with van der Waals surface area (Å²) in [5.41, 5.74) is 1.09. The molecule has 0 fully saturated rings. The molecule has 0 saturated heterocycles. The predicted molar refractivity (Wildman–Crippen MR) is 79.4 cm³/mol. The normalized spacial score (nSPS) is 12.4. The van der Waals surface area contributed by atoms with Crippen LogP contribution in [0.25, 0.3) is 0 Å². The van der Waals surface area contributed by atoms with Gasteiger partial charge < -0.3 is 14.6 Å². The molecule has 0 aliphatic heterocycles. The monoisotopic (exact) mass is 323 g/mol. The summed E-state index contributed by atoms with van der Waals surface area (Å²) < 4.78 is 8.51. The Hall–Kier alpha value is -1.33. The van der Waals surface area contributed by atoms with Gasteiger partial charge in [-0.05, 0) is 18.7 Å². The Morgan fingerprint density at radius 1 is 1.47 bits per heavy atom. The first-order valence-corrected chi connectivity index (χ1v) is 7.00. The van der Waals surface area contributed by atoms with Crippen LogP contribution in [0, 0.1) is 0 Å². The largest absolute Gasteiger partial charge is 0.496 e. The molecule has 0 aliphatic rings. The fourth-order valence-electron chi connectivity index (χ4n) is 2.12. The molecule has 0 saturated carbocycles. The molecule has 1 heterocycles. The number of methoxy groups -OCH3 is 1. The number of halogens is 1. The second kappa shape index (κ2) is 6.21. The first-order chi connectivity index (χ1) is 9.17. The lowest BCUT2D eigenvalue weighted by Gasteiger charge is -2.20. The van der Waals surface area contributed by atoms with E-state index in [1.165, 1.54) is 0 Å². The van der Waals surface area contributed by atoms with E-state index < -0.39 is 0 Å². The van der Waals surface area contributed by atoms with Crippen LogP contribution in [0.1, 0.15) is 24.4 Å². The van der Waals surface area contributed by atoms with E-state index in [-0.39, 0.29) is 6.04 Å². The average Bonchev–Trinajstić information content (AvgIpc) is 2.82. The van der Waals surface area contributed by atoms with Crippen LogP contribution in [-0.4, -0.2) is 23.2 Å². The van der Waals surface area contributed by atoms with Gasteiger partial charge in [-0.2, -0.15) is 0 Å². The molecule has 0 amide bonds. The highest BCUT2D eigenvalue weighted by molar-refractivity contribution is 9.10. The summed E-state index contributed by atoms with van der Waals surface area (Å²) >= 11 is 3.47. The second-order valence-corrected chi connectivity index (χ2v) is 5.19. The van der Waals surface area contributed by atoms with Crippen LogP contribution in [0.5, 0.6) is 5.75 Å². The van der Waals surface area contributed by atoms with E-state index in [9.17, 15) is 0 Å². The zero-order chi connectivity index (χ0) is 13.8. The van der Waals surface area contributed by atoms with Crippen molar-refractivity contribution in [3.63, 3.8) is 0 Å². The van der Waals surface area contributed by atoms with Gasteiger partial charge in [-0.1, -0.05) is 28.9 Å². The van der Waals surface area contributed by atoms with Gasteiger partial charge in [0, 0.05) is 29.5 Å². The van der Waals surface area contributed by atoms with Gasteiger partial charge in [-0.15, -0.1) is 0 Å². The zero-order valence-electron chi connectivity index (χ0n) is 11.4. The number of hydrogen-bond acceptors (Lipinski definition) is 3. The molecular weight excluding hydrogens is 306 g/mol. The van der Waals surface area contributed by atoms with Crippen LogP contribution in [0.2, 0.25) is 0 Å². The van der Waals surface area contributed by atoms with Crippen molar-refractivity contribution in [2.24, 2.45) is 7.05 Å². The van der Waals surface area contributed by atoms with Crippen LogP contribution >= 0.6 is 15.9 Å². The minimum atomic E-state index is 0.0213. The highest BCUT2D eigenvalue weighted by Gasteiger charge is 2.20. The van der Waals surface area contributed by atoms with Crippen molar-refractivity contribution in [2.45, 2.75) is 13.0 Å². The van der Waals surface area contributed by atoms with Crippen molar-refractivity contribution in [1.29, 1.82) is 0 Å². The van der Waals surface area contributed by atoms with Gasteiger partial charge in [-0.25, -0.2) is 4.98 Å². The van der Waals surface area contributed by atoms with Crippen molar-refractivity contribution in [2.75, 3.05) is 13.7 Å². The highest BCUT2D eigenvalue weighted by Crippen LogP contribution is 2.31. The van der Waals surface area contributed by atoms with E-state index in [1.54, 1.807) is 7.11 Å². The molecule has 4 nitrogen and oxygen atoms in total. The van der Waals surface area contributed by atoms with Crippen LogP contribution in [0.15, 0.2) is 35.1 Å². The maximum absolute atomic E-state index is 5.48. The van der Waals surface area contributed by atoms with Gasteiger partial charge in [0.15, 0.2) is 0 Å². The van der Waals surface area contributed by atoms with E-state index >= 15 is 0 Å². The maximum Gasteiger partial charge on any atom is 0.130 e. The highest BCUT2D eigenvalue weighted by atomic mass is 79.9. The van der Waals surface area contributed by atoms with Gasteiger partial charge in [0.05, 0.1) is 13.2 Å². The molecule has 2 rings (SSSR count). The molecule has 19 heavy (non-hydrogen) atoms. The first-order valence-electron chi connectivity index (χ1n) is 6.21. The molecule has 102 valence electrons. The first kappa shape index (κ1) is 14.1. The zero-order valence-corrected chi connectivity index (χ0v) is 12.9. The fraction of sp³-hybridized carbons (Fsp3) is 0.357. The number of benzene rings is 1. The van der Waals surface area contributed by atoms with Crippen LogP contribution in [-0.2, 0) is 7.05 Å². The molecule has 0 radical (unpaired) electrons. The van der Waals surface area contributed by atoms with Gasteiger partial charge in [0.25, 0.3) is 0 Å². The van der Waals surface area contributed by atoms with Crippen molar-refractivity contribution in [3.05, 3.63) is 46.5 Å². The summed E-state index contributed by atoms with van der Waals surface area (Å²) in [6.07, 6.45) is 3.76. The number of aromatic nitrogens is 2. The number of rotatable bonds is 5. The molecule has 1 atom stereocenters. The summed E-state index contributed by atoms with van der Waals surface area (Å²) in [5.74, 6) is 1.82. The smallest absolute Gasteiger partial charge is 0.130 e. The molecule has 0 aliphatic carbocycles. The summed E-state index contributed by atoms with van der Waals surface area (Å²) in [7, 11) is 3.69. The van der Waals surface area contributed by atoms with Gasteiger partial charge in [-0.3, -0.25) is 0 Å². The molecule has 1 unspecified atom stereocenters. The van der Waals surface area contributed by atoms with E-state index in [1.807, 2.05) is 36.1 Å². The minimum Gasteiger partial charge on any atom is -0.496 e. The van der Waals surface area contributed by atoms with Crippen LogP contribution in [0.4, 0.5) is 0 Å². The van der Waals surface area contributed by atoms with E-state index in [0.717, 1.165) is 28.2 Å². The van der Waals surface area contributed by atoms with Gasteiger partial charge in [0.2, 0.25) is 0 Å². The number of nitrogens with one attached hydrogen (secondary N) is 1. The molecule has 0 spiro atoms. The molecular formula is C14H18BrN3O. The third-order valence-electron chi connectivity index (χ3n) is 3.03. The van der Waals surface area contributed by atoms with E-state index in [0.29, 0.717) is 0 Å². The van der Waals surface area contributed by atoms with E-state index in [4.69, 9.17) is 4.74 Å². The van der Waals surface area contributed by atoms with Crippen molar-refractivity contribution >= 4 is 15.9 Å². The summed E-state index contributed by atoms with van der Waals surface area (Å²) in [6, 6.07) is 6.08. The SMILES string of the molecule is CCNC(c1ccc(Br)cc1OC)c1nccn1C. The lowest BCUT2D eigenvalue weighted by Crippen LogP contribution is -2.25. The third-order valence-corrected chi connectivity index (χ3v) is 3.52. The lowest BCUT2D eigenvalue weighted by atomic mass is 10.0. The number of ether oxygens (including phenoxy) is 1. The minimum absolute atomic E-state index is 0.0213.